The van der Waals surface area contributed by atoms with E-state index in [2.05, 4.69) is 0 Å². The number of ketones is 1. The van der Waals surface area contributed by atoms with Gasteiger partial charge < -0.3 is 14.3 Å². The maximum absolute atomic E-state index is 12.2. The number of benzene rings is 1. The third-order valence-corrected chi connectivity index (χ3v) is 2.47. The second-order valence-corrected chi connectivity index (χ2v) is 3.73. The van der Waals surface area contributed by atoms with Gasteiger partial charge in [-0.3, -0.25) is 4.79 Å². The number of rotatable bonds is 5. The van der Waals surface area contributed by atoms with E-state index in [-0.39, 0.29) is 11.5 Å². The van der Waals surface area contributed by atoms with Crippen molar-refractivity contribution in [1.82, 2.24) is 0 Å². The molecule has 0 aliphatic carbocycles. The molecule has 2 aromatic rings. The molecule has 5 nitrogen and oxygen atoms in total. The summed E-state index contributed by atoms with van der Waals surface area (Å²) in [4.78, 5) is 22.9. The largest absolute Gasteiger partial charge is 0.493 e. The summed E-state index contributed by atoms with van der Waals surface area (Å²) in [5.41, 5.74) is 0.343. The molecule has 0 amide bonds. The van der Waals surface area contributed by atoms with Crippen molar-refractivity contribution in [2.75, 3.05) is 6.61 Å². The summed E-state index contributed by atoms with van der Waals surface area (Å²) in [6.07, 6.45) is 0. The minimum absolute atomic E-state index is 0.0236. The normalized spacial score (nSPS) is 10.2. The van der Waals surface area contributed by atoms with Crippen LogP contribution in [0, 0.1) is 0 Å². The monoisotopic (exact) mass is 260 g/mol. The topological polar surface area (TPSA) is 76.7 Å². The fourth-order valence-corrected chi connectivity index (χ4v) is 1.64. The summed E-state index contributed by atoms with van der Waals surface area (Å²) >= 11 is 0. The van der Waals surface area contributed by atoms with Gasteiger partial charge >= 0.3 is 5.97 Å². The van der Waals surface area contributed by atoms with E-state index >= 15 is 0 Å². The fraction of sp³-hybridized carbons (Fsp3) is 0.143. The zero-order chi connectivity index (χ0) is 13.8. The molecule has 0 radical (unpaired) electrons. The number of hydrogen-bond donors (Lipinski definition) is 1. The van der Waals surface area contributed by atoms with E-state index in [1.54, 1.807) is 24.3 Å². The highest BCUT2D eigenvalue weighted by atomic mass is 16.5. The second kappa shape index (κ2) is 5.39. The van der Waals surface area contributed by atoms with Crippen molar-refractivity contribution in [1.29, 1.82) is 0 Å². The highest BCUT2D eigenvalue weighted by Gasteiger charge is 2.19. The van der Waals surface area contributed by atoms with Crippen molar-refractivity contribution in [2.45, 2.75) is 6.92 Å². The second-order valence-electron chi connectivity index (χ2n) is 3.73. The Bertz CT molecular complexity index is 612. The summed E-state index contributed by atoms with van der Waals surface area (Å²) in [5, 5.41) is 8.76. The average Bonchev–Trinajstić information content (AvgIpc) is 2.89. The molecule has 0 saturated carbocycles. The summed E-state index contributed by atoms with van der Waals surface area (Å²) in [6, 6.07) is 9.34. The number of hydrogen-bond acceptors (Lipinski definition) is 4. The lowest BCUT2D eigenvalue weighted by Crippen LogP contribution is -2.04. The molecular formula is C14H12O5. The maximum atomic E-state index is 12.2. The highest BCUT2D eigenvalue weighted by Crippen LogP contribution is 2.22. The van der Waals surface area contributed by atoms with Gasteiger partial charge in [-0.05, 0) is 31.2 Å². The van der Waals surface area contributed by atoms with Gasteiger partial charge in [0.25, 0.3) is 0 Å². The van der Waals surface area contributed by atoms with Gasteiger partial charge in [-0.1, -0.05) is 12.1 Å². The third-order valence-electron chi connectivity index (χ3n) is 2.47. The molecule has 0 bridgehead atoms. The Morgan fingerprint density at radius 1 is 1.16 bits per heavy atom. The van der Waals surface area contributed by atoms with E-state index in [4.69, 9.17) is 14.3 Å². The smallest absolute Gasteiger partial charge is 0.371 e. The first-order valence-corrected chi connectivity index (χ1v) is 5.73. The molecule has 0 aliphatic rings. The fourth-order valence-electron chi connectivity index (χ4n) is 1.64. The van der Waals surface area contributed by atoms with E-state index in [1.165, 1.54) is 12.1 Å². The number of carbonyl (C=O) groups excluding carboxylic acids is 1. The Balaban J connectivity index is 2.35. The van der Waals surface area contributed by atoms with Gasteiger partial charge in [0.05, 0.1) is 12.2 Å². The van der Waals surface area contributed by atoms with Crippen molar-refractivity contribution in [3.05, 3.63) is 53.5 Å². The predicted octanol–water partition coefficient (Wildman–Crippen LogP) is 2.61. The molecule has 5 heteroatoms. The zero-order valence-electron chi connectivity index (χ0n) is 10.3. The van der Waals surface area contributed by atoms with Crippen molar-refractivity contribution in [3.8, 4) is 5.75 Å². The van der Waals surface area contributed by atoms with Crippen molar-refractivity contribution in [3.63, 3.8) is 0 Å². The SMILES string of the molecule is CCOc1ccccc1C(=O)c1ccc(C(=O)O)o1. The van der Waals surface area contributed by atoms with Crippen LogP contribution < -0.4 is 4.74 Å². The Hall–Kier alpha value is -2.56. The minimum Gasteiger partial charge on any atom is -0.493 e. The van der Waals surface area contributed by atoms with Crippen LogP contribution in [0.15, 0.2) is 40.8 Å². The molecule has 0 unspecified atom stereocenters. The molecule has 0 aliphatic heterocycles. The first-order chi connectivity index (χ1) is 9.13. The molecular weight excluding hydrogens is 248 g/mol. The number of para-hydroxylation sites is 1. The lowest BCUT2D eigenvalue weighted by atomic mass is 10.1. The highest BCUT2D eigenvalue weighted by molar-refractivity contribution is 6.09. The molecule has 2 rings (SSSR count). The van der Waals surface area contributed by atoms with Crippen LogP contribution in [-0.4, -0.2) is 23.5 Å². The molecule has 1 N–H and O–H groups in total. The third kappa shape index (κ3) is 2.65. The Labute approximate surface area is 109 Å². The quantitative estimate of drug-likeness (QED) is 0.836. The summed E-state index contributed by atoms with van der Waals surface area (Å²) in [6.45, 7) is 2.25. The van der Waals surface area contributed by atoms with Crippen molar-refractivity contribution < 1.29 is 23.8 Å². The van der Waals surface area contributed by atoms with Crippen LogP contribution in [0.2, 0.25) is 0 Å². The standard InChI is InChI=1S/C14H12O5/c1-2-18-10-6-4-3-5-9(10)13(15)11-7-8-12(19-11)14(16)17/h3-8H,2H2,1H3,(H,16,17). The van der Waals surface area contributed by atoms with E-state index in [9.17, 15) is 9.59 Å². The molecule has 1 heterocycles. The van der Waals surface area contributed by atoms with Crippen LogP contribution >= 0.6 is 0 Å². The van der Waals surface area contributed by atoms with Crippen LogP contribution in [0.3, 0.4) is 0 Å². The number of aromatic carboxylic acids is 1. The van der Waals surface area contributed by atoms with Crippen LogP contribution in [0.4, 0.5) is 0 Å². The summed E-state index contributed by atoms with van der Waals surface area (Å²) in [5.74, 6) is -1.46. The van der Waals surface area contributed by atoms with E-state index < -0.39 is 11.8 Å². The van der Waals surface area contributed by atoms with Gasteiger partial charge in [0.15, 0.2) is 5.76 Å². The predicted molar refractivity (Wildman–Crippen MR) is 66.7 cm³/mol. The molecule has 0 saturated heterocycles. The molecule has 0 atom stereocenters. The van der Waals surface area contributed by atoms with Gasteiger partial charge in [0.2, 0.25) is 11.5 Å². The van der Waals surface area contributed by atoms with Crippen LogP contribution in [0.1, 0.15) is 33.6 Å². The van der Waals surface area contributed by atoms with Crippen LogP contribution in [0.5, 0.6) is 5.75 Å². The van der Waals surface area contributed by atoms with Gasteiger partial charge in [0, 0.05) is 0 Å². The summed E-state index contributed by atoms with van der Waals surface area (Å²) < 4.78 is 10.3. The lowest BCUT2D eigenvalue weighted by Gasteiger charge is -2.07. The van der Waals surface area contributed by atoms with E-state index in [0.717, 1.165) is 0 Å². The Kier molecular flexibility index (Phi) is 3.66. The Morgan fingerprint density at radius 3 is 2.47 bits per heavy atom. The van der Waals surface area contributed by atoms with Crippen LogP contribution in [-0.2, 0) is 0 Å². The number of carboxylic acid groups (broad SMARTS) is 1. The van der Waals surface area contributed by atoms with Crippen LogP contribution in [0.25, 0.3) is 0 Å². The molecule has 0 spiro atoms. The Morgan fingerprint density at radius 2 is 1.84 bits per heavy atom. The molecule has 19 heavy (non-hydrogen) atoms. The first kappa shape index (κ1) is 12.9. The van der Waals surface area contributed by atoms with Gasteiger partial charge in [-0.25, -0.2) is 4.79 Å². The van der Waals surface area contributed by atoms with E-state index in [1.807, 2.05) is 6.92 Å². The average molecular weight is 260 g/mol. The van der Waals surface area contributed by atoms with Crippen molar-refractivity contribution in [2.24, 2.45) is 0 Å². The zero-order valence-corrected chi connectivity index (χ0v) is 10.3. The van der Waals surface area contributed by atoms with Gasteiger partial charge in [0.1, 0.15) is 5.75 Å². The van der Waals surface area contributed by atoms with Crippen molar-refractivity contribution >= 4 is 11.8 Å². The lowest BCUT2D eigenvalue weighted by molar-refractivity contribution is 0.0660. The van der Waals surface area contributed by atoms with Gasteiger partial charge in [-0.2, -0.15) is 0 Å². The van der Waals surface area contributed by atoms with E-state index in [0.29, 0.717) is 17.9 Å². The molecule has 0 fully saturated rings. The number of carboxylic acids is 1. The first-order valence-electron chi connectivity index (χ1n) is 5.73. The number of ether oxygens (including phenoxy) is 1. The summed E-state index contributed by atoms with van der Waals surface area (Å²) in [7, 11) is 0. The molecule has 1 aromatic carbocycles. The maximum Gasteiger partial charge on any atom is 0.371 e. The molecule has 98 valence electrons. The minimum atomic E-state index is -1.21. The van der Waals surface area contributed by atoms with Gasteiger partial charge in [-0.15, -0.1) is 0 Å². The number of furan rings is 1. The number of carbonyl (C=O) groups is 2. The molecule has 1 aromatic heterocycles.